The average molecular weight is 320 g/mol. The summed E-state index contributed by atoms with van der Waals surface area (Å²) >= 11 is 7.04. The van der Waals surface area contributed by atoms with Crippen LogP contribution in [0, 0.1) is 6.92 Å². The lowest BCUT2D eigenvalue weighted by Crippen LogP contribution is -1.82. The molecule has 0 bridgehead atoms. The molecule has 1 aromatic rings. The van der Waals surface area contributed by atoms with Crippen molar-refractivity contribution in [3.63, 3.8) is 0 Å². The Labute approximate surface area is 84.9 Å². The highest BCUT2D eigenvalue weighted by molar-refractivity contribution is 9.47. The van der Waals surface area contributed by atoms with Crippen LogP contribution in [0.15, 0.2) is 14.1 Å². The topological polar surface area (TPSA) is 34.1 Å². The van der Waals surface area contributed by atoms with E-state index < -0.39 is 8.27 Å². The van der Waals surface area contributed by atoms with Gasteiger partial charge < -0.3 is 0 Å². The highest BCUT2D eigenvalue weighted by atomic mass is 79.9. The second-order valence-corrected chi connectivity index (χ2v) is 8.46. The van der Waals surface area contributed by atoms with Crippen LogP contribution in [0.5, 0.6) is 0 Å². The highest BCUT2D eigenvalue weighted by Crippen LogP contribution is 2.32. The van der Waals surface area contributed by atoms with E-state index >= 15 is 0 Å². The van der Waals surface area contributed by atoms with Gasteiger partial charge in [-0.05, 0) is 34.5 Å². The fourth-order valence-corrected chi connectivity index (χ4v) is 3.98. The minimum atomic E-state index is -3.20. The first kappa shape index (κ1) is 9.70. The van der Waals surface area contributed by atoms with Gasteiger partial charge in [0.1, 0.15) is 4.21 Å². The molecule has 0 aliphatic carbocycles. The van der Waals surface area contributed by atoms with Gasteiger partial charge in [-0.3, -0.25) is 0 Å². The molecule has 0 spiro atoms. The molecule has 0 saturated heterocycles. The maximum atomic E-state index is 10.9. The van der Waals surface area contributed by atoms with Gasteiger partial charge in [0, 0.05) is 0 Å². The van der Waals surface area contributed by atoms with Gasteiger partial charge in [0.25, 0.3) is 0 Å². The average Bonchev–Trinajstić information content (AvgIpc) is 2.11. The predicted molar refractivity (Wildman–Crippen MR) is 52.9 cm³/mol. The standard InChI is InChI=1S/C5H4Br2O2S2/c1-3-2-4(10-5(3)6)11(7,8)9/h2H,1H3. The van der Waals surface area contributed by atoms with E-state index in [9.17, 15) is 8.42 Å². The molecule has 11 heavy (non-hydrogen) atoms. The van der Waals surface area contributed by atoms with Crippen LogP contribution in [0.2, 0.25) is 0 Å². The number of rotatable bonds is 1. The van der Waals surface area contributed by atoms with Crippen LogP contribution in [-0.2, 0) is 8.27 Å². The zero-order valence-corrected chi connectivity index (χ0v) is 10.3. The third-order valence-corrected chi connectivity index (χ3v) is 6.20. The van der Waals surface area contributed by atoms with E-state index in [-0.39, 0.29) is 0 Å². The van der Waals surface area contributed by atoms with E-state index in [1.165, 1.54) is 11.3 Å². The summed E-state index contributed by atoms with van der Waals surface area (Å²) in [6.07, 6.45) is 0. The maximum Gasteiger partial charge on any atom is 0.246 e. The lowest BCUT2D eigenvalue weighted by atomic mass is 10.4. The molecule has 1 rings (SSSR count). The monoisotopic (exact) mass is 318 g/mol. The van der Waals surface area contributed by atoms with Crippen molar-refractivity contribution in [2.75, 3.05) is 0 Å². The molecule has 0 saturated carbocycles. The van der Waals surface area contributed by atoms with E-state index in [1.807, 2.05) is 6.92 Å². The van der Waals surface area contributed by atoms with Gasteiger partial charge in [0.2, 0.25) is 8.27 Å². The zero-order valence-electron chi connectivity index (χ0n) is 5.47. The van der Waals surface area contributed by atoms with Crippen molar-refractivity contribution in [1.29, 1.82) is 0 Å². The molecule has 0 aliphatic rings. The largest absolute Gasteiger partial charge is 0.246 e. The first-order valence-electron chi connectivity index (χ1n) is 2.62. The minimum absolute atomic E-state index is 0.335. The Morgan fingerprint density at radius 3 is 2.27 bits per heavy atom. The SMILES string of the molecule is Cc1cc(S(=O)(=O)Br)sc1Br. The van der Waals surface area contributed by atoms with Crippen molar-refractivity contribution >= 4 is 50.4 Å². The minimum Gasteiger partial charge on any atom is -0.211 e. The van der Waals surface area contributed by atoms with Gasteiger partial charge in [-0.1, -0.05) is 0 Å². The van der Waals surface area contributed by atoms with Crippen molar-refractivity contribution < 1.29 is 8.42 Å². The fourth-order valence-electron chi connectivity index (χ4n) is 0.552. The molecule has 0 amide bonds. The van der Waals surface area contributed by atoms with E-state index in [2.05, 4.69) is 30.7 Å². The smallest absolute Gasteiger partial charge is 0.211 e. The van der Waals surface area contributed by atoms with Crippen molar-refractivity contribution in [2.45, 2.75) is 11.1 Å². The predicted octanol–water partition coefficient (Wildman–Crippen LogP) is 2.90. The van der Waals surface area contributed by atoms with Crippen LogP contribution in [0.4, 0.5) is 0 Å². The molecule has 0 atom stereocenters. The Morgan fingerprint density at radius 2 is 2.09 bits per heavy atom. The van der Waals surface area contributed by atoms with E-state index in [1.54, 1.807) is 6.07 Å². The Morgan fingerprint density at radius 1 is 1.55 bits per heavy atom. The van der Waals surface area contributed by atoms with Crippen molar-refractivity contribution in [2.24, 2.45) is 0 Å². The van der Waals surface area contributed by atoms with Crippen molar-refractivity contribution in [3.05, 3.63) is 15.4 Å². The van der Waals surface area contributed by atoms with Gasteiger partial charge in [-0.25, -0.2) is 8.42 Å². The molecule has 1 heterocycles. The van der Waals surface area contributed by atoms with E-state index in [4.69, 9.17) is 0 Å². The molecule has 2 nitrogen and oxygen atoms in total. The summed E-state index contributed by atoms with van der Waals surface area (Å²) < 4.78 is 23.0. The summed E-state index contributed by atoms with van der Waals surface area (Å²) in [7, 11) is -3.20. The van der Waals surface area contributed by atoms with Gasteiger partial charge in [0.05, 0.1) is 18.6 Å². The number of hydrogen-bond acceptors (Lipinski definition) is 3. The molecule has 0 fully saturated rings. The van der Waals surface area contributed by atoms with Crippen molar-refractivity contribution in [1.82, 2.24) is 0 Å². The van der Waals surface area contributed by atoms with Gasteiger partial charge >= 0.3 is 0 Å². The molecule has 62 valence electrons. The number of hydrogen-bond donors (Lipinski definition) is 0. The Hall–Kier alpha value is 0.610. The molecule has 1 aromatic heterocycles. The van der Waals surface area contributed by atoms with Gasteiger partial charge in [-0.2, -0.15) is 0 Å². The Bertz CT molecular complexity index is 346. The number of halogens is 2. The highest BCUT2D eigenvalue weighted by Gasteiger charge is 2.13. The normalized spacial score (nSPS) is 11.9. The zero-order chi connectivity index (χ0) is 8.65. The quantitative estimate of drug-likeness (QED) is 0.746. The van der Waals surface area contributed by atoms with Crippen LogP contribution >= 0.6 is 42.1 Å². The molecule has 0 radical (unpaired) electrons. The summed E-state index contributed by atoms with van der Waals surface area (Å²) in [5.74, 6) is 0. The second-order valence-electron chi connectivity index (χ2n) is 1.96. The Kier molecular flexibility index (Phi) is 2.79. The first-order valence-corrected chi connectivity index (χ1v) is 7.55. The summed E-state index contributed by atoms with van der Waals surface area (Å²) in [6, 6.07) is 1.62. The van der Waals surface area contributed by atoms with Crippen LogP contribution < -0.4 is 0 Å². The summed E-state index contributed by atoms with van der Waals surface area (Å²) in [5.41, 5.74) is 0.938. The summed E-state index contributed by atoms with van der Waals surface area (Å²) in [4.78, 5) is 0. The molecule has 0 N–H and O–H groups in total. The van der Waals surface area contributed by atoms with Gasteiger partial charge in [0.15, 0.2) is 0 Å². The maximum absolute atomic E-state index is 10.9. The molecule has 6 heteroatoms. The van der Waals surface area contributed by atoms with E-state index in [0.717, 1.165) is 9.35 Å². The first-order chi connectivity index (χ1) is 4.91. The Balaban J connectivity index is 3.29. The lowest BCUT2D eigenvalue weighted by Gasteiger charge is -1.84. The van der Waals surface area contributed by atoms with Crippen molar-refractivity contribution in [3.8, 4) is 0 Å². The van der Waals surface area contributed by atoms with Gasteiger partial charge in [-0.15, -0.1) is 11.3 Å². The summed E-state index contributed by atoms with van der Waals surface area (Å²) in [6.45, 7) is 1.85. The van der Waals surface area contributed by atoms with E-state index in [0.29, 0.717) is 4.21 Å². The molecular weight excluding hydrogens is 316 g/mol. The van der Waals surface area contributed by atoms with Crippen LogP contribution in [0.1, 0.15) is 5.56 Å². The molecule has 0 aliphatic heterocycles. The lowest BCUT2D eigenvalue weighted by molar-refractivity contribution is 0.613. The second kappa shape index (κ2) is 3.16. The molecule has 0 unspecified atom stereocenters. The van der Waals surface area contributed by atoms with Crippen LogP contribution in [-0.4, -0.2) is 8.42 Å². The fraction of sp³-hybridized carbons (Fsp3) is 0.200. The summed E-state index contributed by atoms with van der Waals surface area (Å²) in [5, 5.41) is 0. The number of thiophene rings is 1. The molecule has 0 aromatic carbocycles. The van der Waals surface area contributed by atoms with Crippen LogP contribution in [0.3, 0.4) is 0 Å². The third kappa shape index (κ3) is 2.27. The third-order valence-electron chi connectivity index (χ3n) is 1.07. The number of aryl methyl sites for hydroxylation is 1. The molecular formula is C5H4Br2O2S2. The van der Waals surface area contributed by atoms with Crippen LogP contribution in [0.25, 0.3) is 0 Å².